The van der Waals surface area contributed by atoms with Crippen molar-refractivity contribution in [2.45, 2.75) is 49.8 Å². The third-order valence-corrected chi connectivity index (χ3v) is 9.84. The van der Waals surface area contributed by atoms with Crippen LogP contribution >= 0.6 is 46.7 Å². The van der Waals surface area contributed by atoms with Crippen LogP contribution in [0.2, 0.25) is 10.0 Å². The summed E-state index contributed by atoms with van der Waals surface area (Å²) in [6.45, 7) is 8.58. The molecular weight excluding hydrogens is 695 g/mol. The number of aliphatic carboxylic acids is 2. The normalized spacial score (nSPS) is 16.9. The molecule has 0 aliphatic carbocycles. The Bertz CT molecular complexity index is 1520. The van der Waals surface area contributed by atoms with Gasteiger partial charge < -0.3 is 20.8 Å². The number of aryl methyl sites for hydroxylation is 2. The summed E-state index contributed by atoms with van der Waals surface area (Å²) < 4.78 is 3.71. The van der Waals surface area contributed by atoms with E-state index >= 15 is 0 Å². The average molecular weight is 736 g/mol. The highest BCUT2D eigenvalue weighted by Crippen LogP contribution is 2.24. The molecule has 2 aromatic heterocycles. The Morgan fingerprint density at radius 1 is 0.771 bits per heavy atom. The van der Waals surface area contributed by atoms with Crippen LogP contribution in [0.4, 0.5) is 0 Å². The van der Waals surface area contributed by atoms with Crippen molar-refractivity contribution in [1.82, 2.24) is 40.2 Å². The topological polar surface area (TPSA) is 160 Å². The number of aromatic nitrogens is 6. The van der Waals surface area contributed by atoms with Crippen LogP contribution in [0.15, 0.2) is 58.8 Å². The second-order valence-corrected chi connectivity index (χ2v) is 14.3. The molecule has 0 spiro atoms. The van der Waals surface area contributed by atoms with Gasteiger partial charge in [-0.15, -0.1) is 10.2 Å². The van der Waals surface area contributed by atoms with Crippen molar-refractivity contribution < 1.29 is 19.8 Å². The van der Waals surface area contributed by atoms with Crippen molar-refractivity contribution in [3.63, 3.8) is 0 Å². The first-order chi connectivity index (χ1) is 23.1. The molecule has 0 amide bonds. The summed E-state index contributed by atoms with van der Waals surface area (Å²) in [7, 11) is 0. The van der Waals surface area contributed by atoms with Crippen molar-refractivity contribution in [2.24, 2.45) is 11.8 Å². The second kappa shape index (κ2) is 19.2. The smallest absolute Gasteiger partial charge is 0.414 e. The van der Waals surface area contributed by atoms with Crippen molar-refractivity contribution in [3.05, 3.63) is 70.2 Å². The van der Waals surface area contributed by atoms with Crippen molar-refractivity contribution in [1.29, 1.82) is 0 Å². The fourth-order valence-corrected chi connectivity index (χ4v) is 7.42. The summed E-state index contributed by atoms with van der Waals surface area (Å²) in [4.78, 5) is 27.3. The van der Waals surface area contributed by atoms with E-state index in [1.165, 1.54) is 25.7 Å². The maximum Gasteiger partial charge on any atom is 0.414 e. The number of carboxylic acids is 2. The third kappa shape index (κ3) is 12.1. The van der Waals surface area contributed by atoms with Gasteiger partial charge >= 0.3 is 11.9 Å². The number of hydrogen-bond donors (Lipinski definition) is 4. The maximum absolute atomic E-state index is 9.10. The number of thioether (sulfide) groups is 2. The minimum Gasteiger partial charge on any atom is -0.473 e. The summed E-state index contributed by atoms with van der Waals surface area (Å²) in [6, 6.07) is 15.4. The number of hydrogen-bond acceptors (Lipinski definition) is 10. The molecular formula is C32H40Cl2N8O4S2. The summed E-state index contributed by atoms with van der Waals surface area (Å²) in [6.07, 6.45) is 5.04. The van der Waals surface area contributed by atoms with Crippen LogP contribution in [0.3, 0.4) is 0 Å². The van der Waals surface area contributed by atoms with Gasteiger partial charge in [0.05, 0.1) is 11.4 Å². The number of benzene rings is 2. The van der Waals surface area contributed by atoms with E-state index < -0.39 is 11.9 Å². The SMILES string of the molecule is Cc1nc(SCCC2CCNC2)nn1-c1cccc(Cl)c1.Cc1nc(SCCC2CCNC2)nn1-c1cccc(Cl)c1.O=C(O)C(=O)O. The molecule has 4 heterocycles. The monoisotopic (exact) mass is 734 g/mol. The van der Waals surface area contributed by atoms with Gasteiger partial charge in [-0.2, -0.15) is 0 Å². The van der Waals surface area contributed by atoms with E-state index in [9.17, 15) is 0 Å². The van der Waals surface area contributed by atoms with E-state index in [1.807, 2.05) is 71.7 Å². The lowest BCUT2D eigenvalue weighted by Crippen LogP contribution is -2.09. The van der Waals surface area contributed by atoms with Gasteiger partial charge in [-0.3, -0.25) is 0 Å². The number of nitrogens with one attached hydrogen (secondary N) is 2. The Morgan fingerprint density at radius 3 is 1.52 bits per heavy atom. The molecule has 2 fully saturated rings. The van der Waals surface area contributed by atoms with Crippen LogP contribution in [-0.4, -0.2) is 89.4 Å². The predicted octanol–water partition coefficient (Wildman–Crippen LogP) is 5.80. The molecule has 4 aromatic rings. The lowest BCUT2D eigenvalue weighted by atomic mass is 10.1. The van der Waals surface area contributed by atoms with Crippen LogP contribution < -0.4 is 10.6 Å². The van der Waals surface area contributed by atoms with Gasteiger partial charge in [-0.25, -0.2) is 28.9 Å². The molecule has 2 aliphatic heterocycles. The number of nitrogens with zero attached hydrogens (tertiary/aromatic N) is 6. The van der Waals surface area contributed by atoms with E-state index in [0.717, 1.165) is 82.9 Å². The second-order valence-electron chi connectivity index (χ2n) is 11.3. The van der Waals surface area contributed by atoms with Crippen LogP contribution in [-0.2, 0) is 9.59 Å². The van der Waals surface area contributed by atoms with Gasteiger partial charge in [0, 0.05) is 21.6 Å². The molecule has 2 unspecified atom stereocenters. The van der Waals surface area contributed by atoms with Crippen LogP contribution in [0.5, 0.6) is 0 Å². The fourth-order valence-electron chi connectivity index (χ4n) is 5.11. The predicted molar refractivity (Wildman–Crippen MR) is 190 cm³/mol. The molecule has 0 radical (unpaired) electrons. The first kappa shape index (κ1) is 37.7. The van der Waals surface area contributed by atoms with E-state index in [0.29, 0.717) is 10.0 Å². The average Bonchev–Trinajstić information content (AvgIpc) is 3.87. The van der Waals surface area contributed by atoms with Gasteiger partial charge in [-0.1, -0.05) is 58.9 Å². The Morgan fingerprint density at radius 2 is 1.19 bits per heavy atom. The van der Waals surface area contributed by atoms with E-state index in [4.69, 9.17) is 43.0 Å². The Hall–Kier alpha value is -3.14. The standard InChI is InChI=1S/2C15H19ClN4S.C2H2O4/c2*1-11-18-15(21-8-6-12-5-7-17-10-12)19-20(11)14-4-2-3-13(16)9-14;3-1(4)2(5)6/h2*2-4,9,12,17H,5-8,10H2,1H3;(H,3,4)(H,5,6). The van der Waals surface area contributed by atoms with Crippen molar-refractivity contribution in [2.75, 3.05) is 37.7 Å². The lowest BCUT2D eigenvalue weighted by Gasteiger charge is -2.05. The minimum absolute atomic E-state index is 0.713. The number of carbonyl (C=O) groups is 2. The Kier molecular flexibility index (Phi) is 15.0. The molecule has 16 heteroatoms. The molecule has 4 N–H and O–H groups in total. The molecule has 0 bridgehead atoms. The highest BCUT2D eigenvalue weighted by atomic mass is 35.5. The highest BCUT2D eigenvalue weighted by molar-refractivity contribution is 7.99. The molecule has 48 heavy (non-hydrogen) atoms. The summed E-state index contributed by atoms with van der Waals surface area (Å²) in [5, 5.41) is 33.9. The highest BCUT2D eigenvalue weighted by Gasteiger charge is 2.16. The molecule has 2 aromatic carbocycles. The van der Waals surface area contributed by atoms with E-state index in [2.05, 4.69) is 30.8 Å². The van der Waals surface area contributed by atoms with Gasteiger partial charge in [0.1, 0.15) is 11.6 Å². The van der Waals surface area contributed by atoms with Crippen LogP contribution in [0.25, 0.3) is 11.4 Å². The van der Waals surface area contributed by atoms with Gasteiger partial charge in [0.2, 0.25) is 10.3 Å². The first-order valence-corrected chi connectivity index (χ1v) is 18.3. The zero-order chi connectivity index (χ0) is 34.5. The summed E-state index contributed by atoms with van der Waals surface area (Å²) in [5.41, 5.74) is 1.92. The van der Waals surface area contributed by atoms with Gasteiger partial charge in [0.15, 0.2) is 0 Å². The molecule has 258 valence electrons. The lowest BCUT2D eigenvalue weighted by molar-refractivity contribution is -0.159. The van der Waals surface area contributed by atoms with E-state index in [-0.39, 0.29) is 0 Å². The maximum atomic E-state index is 9.10. The Labute approximate surface area is 298 Å². The first-order valence-electron chi connectivity index (χ1n) is 15.6. The van der Waals surface area contributed by atoms with E-state index in [1.54, 1.807) is 23.5 Å². The van der Waals surface area contributed by atoms with Crippen molar-refractivity contribution in [3.8, 4) is 11.4 Å². The largest absolute Gasteiger partial charge is 0.473 e. The Balaban J connectivity index is 0.000000186. The minimum atomic E-state index is -1.82. The molecule has 12 nitrogen and oxygen atoms in total. The fraction of sp³-hybridized carbons (Fsp3) is 0.438. The van der Waals surface area contributed by atoms with Crippen LogP contribution in [0.1, 0.15) is 37.3 Å². The molecule has 2 atom stereocenters. The molecule has 2 aliphatic rings. The number of rotatable bonds is 10. The number of carboxylic acid groups (broad SMARTS) is 2. The molecule has 0 saturated carbocycles. The molecule has 2 saturated heterocycles. The summed E-state index contributed by atoms with van der Waals surface area (Å²) >= 11 is 15.5. The van der Waals surface area contributed by atoms with Crippen molar-refractivity contribution >= 4 is 58.7 Å². The zero-order valence-corrected chi connectivity index (χ0v) is 30.0. The number of halogens is 2. The quantitative estimate of drug-likeness (QED) is 0.115. The summed E-state index contributed by atoms with van der Waals surface area (Å²) in [5.74, 6) is 1.91. The molecule has 6 rings (SSSR count). The third-order valence-electron chi connectivity index (χ3n) is 7.63. The van der Waals surface area contributed by atoms with Gasteiger partial charge in [0.25, 0.3) is 0 Å². The van der Waals surface area contributed by atoms with Crippen LogP contribution in [0, 0.1) is 25.7 Å². The zero-order valence-electron chi connectivity index (χ0n) is 26.8. The van der Waals surface area contributed by atoms with Gasteiger partial charge in [-0.05, 0) is 114 Å².